The molecule has 1 fully saturated rings. The first-order valence-electron chi connectivity index (χ1n) is 5.63. The van der Waals surface area contributed by atoms with Crippen LogP contribution in [0.4, 0.5) is 5.95 Å². The van der Waals surface area contributed by atoms with Crippen molar-refractivity contribution in [3.05, 3.63) is 17.4 Å². The Hall–Kier alpha value is -0.870. The van der Waals surface area contributed by atoms with Crippen molar-refractivity contribution in [3.8, 4) is 0 Å². The van der Waals surface area contributed by atoms with Gasteiger partial charge in [-0.15, -0.1) is 0 Å². The predicted octanol–water partition coefficient (Wildman–Crippen LogP) is 1.55. The molecule has 1 aromatic heterocycles. The van der Waals surface area contributed by atoms with Gasteiger partial charge in [-0.05, 0) is 24.8 Å². The molecule has 16 heavy (non-hydrogen) atoms. The van der Waals surface area contributed by atoms with Crippen LogP contribution in [0.2, 0.25) is 5.02 Å². The van der Waals surface area contributed by atoms with Gasteiger partial charge in [0.2, 0.25) is 5.95 Å². The van der Waals surface area contributed by atoms with Crippen molar-refractivity contribution in [1.29, 1.82) is 0 Å². The van der Waals surface area contributed by atoms with Crippen LogP contribution in [0.1, 0.15) is 13.3 Å². The minimum atomic E-state index is 0.535. The molecule has 2 atom stereocenters. The fourth-order valence-electron chi connectivity index (χ4n) is 2.11. The Bertz CT molecular complexity index is 340. The predicted molar refractivity (Wildman–Crippen MR) is 65.6 cm³/mol. The van der Waals surface area contributed by atoms with E-state index in [9.17, 15) is 0 Å². The number of hydrogen-bond donors (Lipinski definition) is 1. The maximum atomic E-state index is 5.77. The zero-order valence-electron chi connectivity index (χ0n) is 9.43. The SMILES string of the molecule is CC1CCN(c2ncc(Cl)cn2)CC1CN. The lowest BCUT2D eigenvalue weighted by atomic mass is 9.87. The third kappa shape index (κ3) is 2.44. The highest BCUT2D eigenvalue weighted by Gasteiger charge is 2.26. The summed E-state index contributed by atoms with van der Waals surface area (Å²) in [6, 6.07) is 0. The molecule has 1 aliphatic rings. The number of aromatic nitrogens is 2. The summed E-state index contributed by atoms with van der Waals surface area (Å²) in [6.45, 7) is 4.93. The normalized spacial score (nSPS) is 25.8. The second-order valence-corrected chi connectivity index (χ2v) is 4.85. The Morgan fingerprint density at radius 2 is 2.19 bits per heavy atom. The third-order valence-corrected chi connectivity index (χ3v) is 3.50. The molecular weight excluding hydrogens is 224 g/mol. The fourth-order valence-corrected chi connectivity index (χ4v) is 2.20. The molecule has 0 spiro atoms. The van der Waals surface area contributed by atoms with Crippen molar-refractivity contribution >= 4 is 17.5 Å². The number of hydrogen-bond acceptors (Lipinski definition) is 4. The van der Waals surface area contributed by atoms with Crippen molar-refractivity contribution in [2.45, 2.75) is 13.3 Å². The summed E-state index contributed by atoms with van der Waals surface area (Å²) >= 11 is 5.77. The zero-order valence-corrected chi connectivity index (χ0v) is 10.2. The molecule has 0 bridgehead atoms. The molecule has 0 aliphatic carbocycles. The smallest absolute Gasteiger partial charge is 0.225 e. The minimum absolute atomic E-state index is 0.535. The molecule has 2 heterocycles. The molecule has 2 rings (SSSR count). The molecule has 1 aliphatic heterocycles. The van der Waals surface area contributed by atoms with Gasteiger partial charge in [-0.2, -0.15) is 0 Å². The Morgan fingerprint density at radius 3 is 2.81 bits per heavy atom. The quantitative estimate of drug-likeness (QED) is 0.852. The van der Waals surface area contributed by atoms with E-state index >= 15 is 0 Å². The van der Waals surface area contributed by atoms with Gasteiger partial charge < -0.3 is 10.6 Å². The van der Waals surface area contributed by atoms with E-state index in [1.165, 1.54) is 0 Å². The molecule has 0 radical (unpaired) electrons. The van der Waals surface area contributed by atoms with E-state index in [1.54, 1.807) is 12.4 Å². The summed E-state index contributed by atoms with van der Waals surface area (Å²) < 4.78 is 0. The lowest BCUT2D eigenvalue weighted by Crippen LogP contribution is -2.43. The number of piperidine rings is 1. The first kappa shape index (κ1) is 11.6. The maximum absolute atomic E-state index is 5.77. The fraction of sp³-hybridized carbons (Fsp3) is 0.636. The lowest BCUT2D eigenvalue weighted by Gasteiger charge is -2.36. The van der Waals surface area contributed by atoms with Crippen LogP contribution in [-0.2, 0) is 0 Å². The summed E-state index contributed by atoms with van der Waals surface area (Å²) in [5.41, 5.74) is 5.77. The molecule has 2 unspecified atom stereocenters. The molecule has 0 saturated carbocycles. The van der Waals surface area contributed by atoms with Gasteiger partial charge in [-0.1, -0.05) is 18.5 Å². The van der Waals surface area contributed by atoms with E-state index in [-0.39, 0.29) is 0 Å². The van der Waals surface area contributed by atoms with E-state index in [0.29, 0.717) is 16.9 Å². The highest BCUT2D eigenvalue weighted by molar-refractivity contribution is 6.30. The molecule has 1 saturated heterocycles. The average Bonchev–Trinajstić information content (AvgIpc) is 2.31. The number of nitrogens with zero attached hydrogens (tertiary/aromatic N) is 3. The molecule has 0 aromatic carbocycles. The molecule has 0 amide bonds. The van der Waals surface area contributed by atoms with Crippen molar-refractivity contribution in [1.82, 2.24) is 9.97 Å². The van der Waals surface area contributed by atoms with Crippen molar-refractivity contribution in [3.63, 3.8) is 0 Å². The van der Waals surface area contributed by atoms with Gasteiger partial charge in [-0.3, -0.25) is 0 Å². The van der Waals surface area contributed by atoms with Gasteiger partial charge in [0.15, 0.2) is 0 Å². The molecule has 2 N–H and O–H groups in total. The second kappa shape index (κ2) is 4.97. The first-order chi connectivity index (χ1) is 7.70. The maximum Gasteiger partial charge on any atom is 0.225 e. The van der Waals surface area contributed by atoms with E-state index in [1.807, 2.05) is 0 Å². The highest BCUT2D eigenvalue weighted by Crippen LogP contribution is 2.24. The Morgan fingerprint density at radius 1 is 1.50 bits per heavy atom. The van der Waals surface area contributed by atoms with Crippen LogP contribution in [0.15, 0.2) is 12.4 Å². The van der Waals surface area contributed by atoms with Gasteiger partial charge in [0.05, 0.1) is 17.4 Å². The van der Waals surface area contributed by atoms with Crippen LogP contribution in [0.5, 0.6) is 0 Å². The van der Waals surface area contributed by atoms with Gasteiger partial charge in [-0.25, -0.2) is 9.97 Å². The van der Waals surface area contributed by atoms with Gasteiger partial charge in [0.25, 0.3) is 0 Å². The summed E-state index contributed by atoms with van der Waals surface area (Å²) in [6.07, 6.45) is 4.42. The second-order valence-electron chi connectivity index (χ2n) is 4.41. The average molecular weight is 241 g/mol. The monoisotopic (exact) mass is 240 g/mol. The van der Waals surface area contributed by atoms with Crippen LogP contribution >= 0.6 is 11.6 Å². The van der Waals surface area contributed by atoms with Crippen LogP contribution in [0.25, 0.3) is 0 Å². The summed E-state index contributed by atoms with van der Waals surface area (Å²) in [5, 5.41) is 0.574. The van der Waals surface area contributed by atoms with Crippen LogP contribution in [0.3, 0.4) is 0 Å². The summed E-state index contributed by atoms with van der Waals surface area (Å²) in [4.78, 5) is 10.7. The highest BCUT2D eigenvalue weighted by atomic mass is 35.5. The molecule has 5 heteroatoms. The Labute approximate surface area is 101 Å². The Kier molecular flexibility index (Phi) is 3.61. The van der Waals surface area contributed by atoms with E-state index in [0.717, 1.165) is 32.0 Å². The minimum Gasteiger partial charge on any atom is -0.340 e. The van der Waals surface area contributed by atoms with E-state index in [4.69, 9.17) is 17.3 Å². The standard InChI is InChI=1S/C11H17ClN4/c1-8-2-3-16(7-9(8)4-13)11-14-5-10(12)6-15-11/h5-6,8-9H,2-4,7,13H2,1H3. The largest absolute Gasteiger partial charge is 0.340 e. The third-order valence-electron chi connectivity index (χ3n) is 3.31. The van der Waals surface area contributed by atoms with Crippen molar-refractivity contribution < 1.29 is 0 Å². The van der Waals surface area contributed by atoms with E-state index in [2.05, 4.69) is 21.8 Å². The van der Waals surface area contributed by atoms with Crippen LogP contribution in [-0.4, -0.2) is 29.6 Å². The van der Waals surface area contributed by atoms with Gasteiger partial charge in [0, 0.05) is 13.1 Å². The van der Waals surface area contributed by atoms with Gasteiger partial charge >= 0.3 is 0 Å². The van der Waals surface area contributed by atoms with Crippen molar-refractivity contribution in [2.24, 2.45) is 17.6 Å². The number of rotatable bonds is 2. The molecule has 1 aromatic rings. The topological polar surface area (TPSA) is 55.0 Å². The molecule has 88 valence electrons. The molecular formula is C11H17ClN4. The number of halogens is 1. The number of anilines is 1. The zero-order chi connectivity index (χ0) is 11.5. The number of nitrogens with two attached hydrogens (primary N) is 1. The lowest BCUT2D eigenvalue weighted by molar-refractivity contribution is 0.305. The van der Waals surface area contributed by atoms with Gasteiger partial charge in [0.1, 0.15) is 0 Å². The first-order valence-corrected chi connectivity index (χ1v) is 6.01. The van der Waals surface area contributed by atoms with E-state index < -0.39 is 0 Å². The molecule has 4 nitrogen and oxygen atoms in total. The van der Waals surface area contributed by atoms with Crippen LogP contribution < -0.4 is 10.6 Å². The summed E-state index contributed by atoms with van der Waals surface area (Å²) in [7, 11) is 0. The van der Waals surface area contributed by atoms with Crippen LogP contribution in [0, 0.1) is 11.8 Å². The van der Waals surface area contributed by atoms with Crippen molar-refractivity contribution in [2.75, 3.05) is 24.5 Å². The Balaban J connectivity index is 2.08. The summed E-state index contributed by atoms with van der Waals surface area (Å²) in [5.74, 6) is 1.98.